The van der Waals surface area contributed by atoms with Crippen LogP contribution in [0.1, 0.15) is 43.6 Å². The Morgan fingerprint density at radius 1 is 0.947 bits per heavy atom. The highest BCUT2D eigenvalue weighted by atomic mass is 32.2. The van der Waals surface area contributed by atoms with Crippen molar-refractivity contribution < 1.29 is 21.6 Å². The molecule has 106 valence electrons. The Labute approximate surface area is 110 Å². The van der Waals surface area contributed by atoms with Crippen molar-refractivity contribution in [3.05, 3.63) is 29.8 Å². The van der Waals surface area contributed by atoms with Gasteiger partial charge in [-0.2, -0.15) is 13.2 Å². The molecule has 0 bridgehead atoms. The fourth-order valence-corrected chi connectivity index (χ4v) is 3.25. The van der Waals surface area contributed by atoms with E-state index in [1.54, 1.807) is 0 Å². The zero-order valence-corrected chi connectivity index (χ0v) is 11.1. The van der Waals surface area contributed by atoms with Gasteiger partial charge in [0.25, 0.3) is 9.84 Å². The third kappa shape index (κ3) is 2.94. The maximum Gasteiger partial charge on any atom is 0.501 e. The molecule has 0 amide bonds. The van der Waals surface area contributed by atoms with E-state index in [0.29, 0.717) is 5.92 Å². The third-order valence-corrected chi connectivity index (χ3v) is 5.07. The summed E-state index contributed by atoms with van der Waals surface area (Å²) in [5.74, 6) is 0.344. The van der Waals surface area contributed by atoms with E-state index in [1.807, 2.05) is 0 Å². The molecule has 1 aromatic carbocycles. The molecule has 0 saturated heterocycles. The topological polar surface area (TPSA) is 34.1 Å². The first-order chi connectivity index (χ1) is 8.82. The summed E-state index contributed by atoms with van der Waals surface area (Å²) in [7, 11) is -5.22. The van der Waals surface area contributed by atoms with Gasteiger partial charge in [-0.1, -0.05) is 31.4 Å². The summed E-state index contributed by atoms with van der Waals surface area (Å²) in [5.41, 5.74) is -4.31. The molecule has 19 heavy (non-hydrogen) atoms. The minimum atomic E-state index is -5.24. The first-order valence-electron chi connectivity index (χ1n) is 6.24. The van der Waals surface area contributed by atoms with Crippen molar-refractivity contribution in [3.63, 3.8) is 0 Å². The molecule has 0 N–H and O–H groups in total. The second kappa shape index (κ2) is 5.15. The Hall–Kier alpha value is -1.04. The number of benzene rings is 1. The minimum absolute atomic E-state index is 0.344. The molecular formula is C13H15F3O2S. The van der Waals surface area contributed by atoms with E-state index in [-0.39, 0.29) is 0 Å². The number of sulfone groups is 1. The van der Waals surface area contributed by atoms with E-state index < -0.39 is 20.2 Å². The van der Waals surface area contributed by atoms with Gasteiger partial charge in [0, 0.05) is 0 Å². The fourth-order valence-electron chi connectivity index (χ4n) is 2.49. The van der Waals surface area contributed by atoms with E-state index in [4.69, 9.17) is 0 Å². The highest BCUT2D eigenvalue weighted by molar-refractivity contribution is 7.92. The predicted octanol–water partition coefficient (Wildman–Crippen LogP) is 4.03. The van der Waals surface area contributed by atoms with Crippen LogP contribution in [0.15, 0.2) is 29.2 Å². The van der Waals surface area contributed by atoms with E-state index in [0.717, 1.165) is 43.4 Å². The van der Waals surface area contributed by atoms with Gasteiger partial charge in [0.05, 0.1) is 4.90 Å². The average Bonchev–Trinajstić information content (AvgIpc) is 2.39. The first kappa shape index (κ1) is 14.4. The van der Waals surface area contributed by atoms with Crippen molar-refractivity contribution in [3.8, 4) is 0 Å². The monoisotopic (exact) mass is 292 g/mol. The quantitative estimate of drug-likeness (QED) is 0.824. The van der Waals surface area contributed by atoms with E-state index >= 15 is 0 Å². The Morgan fingerprint density at radius 2 is 1.47 bits per heavy atom. The van der Waals surface area contributed by atoms with Crippen LogP contribution < -0.4 is 0 Å². The average molecular weight is 292 g/mol. The summed E-state index contributed by atoms with van der Waals surface area (Å²) in [6.45, 7) is 0. The molecule has 0 atom stereocenters. The Bertz CT molecular complexity index is 526. The van der Waals surface area contributed by atoms with Crippen molar-refractivity contribution in [2.24, 2.45) is 0 Å². The highest BCUT2D eigenvalue weighted by Crippen LogP contribution is 2.34. The van der Waals surface area contributed by atoms with E-state index in [2.05, 4.69) is 0 Å². The maximum atomic E-state index is 12.4. The number of halogens is 3. The SMILES string of the molecule is O=S(=O)(c1ccc(C2CCCCC2)cc1)C(F)(F)F. The predicted molar refractivity (Wildman–Crippen MR) is 65.5 cm³/mol. The summed E-state index contributed by atoms with van der Waals surface area (Å²) < 4.78 is 59.6. The maximum absolute atomic E-state index is 12.4. The summed E-state index contributed by atoms with van der Waals surface area (Å²) in [4.78, 5) is -0.681. The van der Waals surface area contributed by atoms with Crippen LogP contribution in [0.3, 0.4) is 0 Å². The molecule has 6 heteroatoms. The van der Waals surface area contributed by atoms with Crippen molar-refractivity contribution >= 4 is 9.84 Å². The lowest BCUT2D eigenvalue weighted by atomic mass is 9.84. The molecule has 1 fully saturated rings. The summed E-state index contributed by atoms with van der Waals surface area (Å²) >= 11 is 0. The van der Waals surface area contributed by atoms with Gasteiger partial charge in [-0.3, -0.25) is 0 Å². The smallest absolute Gasteiger partial charge is 0.214 e. The number of hydrogen-bond donors (Lipinski definition) is 0. The van der Waals surface area contributed by atoms with Crippen LogP contribution in [-0.4, -0.2) is 13.9 Å². The van der Waals surface area contributed by atoms with Crippen molar-refractivity contribution in [1.29, 1.82) is 0 Å². The highest BCUT2D eigenvalue weighted by Gasteiger charge is 2.46. The first-order valence-corrected chi connectivity index (χ1v) is 7.72. The van der Waals surface area contributed by atoms with Crippen LogP contribution in [0.4, 0.5) is 13.2 Å². The van der Waals surface area contributed by atoms with E-state index in [1.165, 1.54) is 18.6 Å². The van der Waals surface area contributed by atoms with Gasteiger partial charge in [-0.25, -0.2) is 8.42 Å². The second-order valence-corrected chi connectivity index (χ2v) is 6.79. The Balaban J connectivity index is 2.23. The molecule has 2 nitrogen and oxygen atoms in total. The molecule has 1 aromatic rings. The van der Waals surface area contributed by atoms with Gasteiger partial charge in [-0.05, 0) is 36.5 Å². The molecule has 0 heterocycles. The molecule has 1 saturated carbocycles. The van der Waals surface area contributed by atoms with Crippen molar-refractivity contribution in [2.45, 2.75) is 48.4 Å². The van der Waals surface area contributed by atoms with Crippen LogP contribution in [0, 0.1) is 0 Å². The van der Waals surface area contributed by atoms with Crippen LogP contribution >= 0.6 is 0 Å². The third-order valence-electron chi connectivity index (χ3n) is 3.57. The lowest BCUT2D eigenvalue weighted by Gasteiger charge is -2.22. The molecule has 0 spiro atoms. The van der Waals surface area contributed by atoms with Gasteiger partial charge >= 0.3 is 5.51 Å². The van der Waals surface area contributed by atoms with Crippen LogP contribution in [0.5, 0.6) is 0 Å². The summed E-state index contributed by atoms with van der Waals surface area (Å²) in [5, 5.41) is 0. The van der Waals surface area contributed by atoms with Crippen LogP contribution in [0.25, 0.3) is 0 Å². The number of rotatable bonds is 2. The zero-order valence-electron chi connectivity index (χ0n) is 10.3. The van der Waals surface area contributed by atoms with Gasteiger partial charge in [0.1, 0.15) is 0 Å². The largest absolute Gasteiger partial charge is 0.501 e. The fraction of sp³-hybridized carbons (Fsp3) is 0.538. The molecule has 2 rings (SSSR count). The van der Waals surface area contributed by atoms with Crippen LogP contribution in [-0.2, 0) is 9.84 Å². The Morgan fingerprint density at radius 3 is 1.95 bits per heavy atom. The van der Waals surface area contributed by atoms with E-state index in [9.17, 15) is 21.6 Å². The van der Waals surface area contributed by atoms with Gasteiger partial charge in [0.2, 0.25) is 0 Å². The lowest BCUT2D eigenvalue weighted by molar-refractivity contribution is -0.0436. The van der Waals surface area contributed by atoms with Crippen molar-refractivity contribution in [1.82, 2.24) is 0 Å². The zero-order chi connectivity index (χ0) is 14.1. The molecule has 1 aliphatic rings. The summed E-state index contributed by atoms with van der Waals surface area (Å²) in [6.07, 6.45) is 5.47. The molecule has 0 aromatic heterocycles. The second-order valence-electron chi connectivity index (χ2n) is 4.85. The van der Waals surface area contributed by atoms with Crippen molar-refractivity contribution in [2.75, 3.05) is 0 Å². The summed E-state index contributed by atoms with van der Waals surface area (Å²) in [6, 6.07) is 5.14. The standard InChI is InChI=1S/C13H15F3O2S/c14-13(15,16)19(17,18)12-8-6-11(7-9-12)10-4-2-1-3-5-10/h6-10H,1-5H2. The van der Waals surface area contributed by atoms with Gasteiger partial charge < -0.3 is 0 Å². The number of alkyl halides is 3. The normalized spacial score (nSPS) is 18.5. The van der Waals surface area contributed by atoms with Gasteiger partial charge in [0.15, 0.2) is 0 Å². The minimum Gasteiger partial charge on any atom is -0.214 e. The lowest BCUT2D eigenvalue weighted by Crippen LogP contribution is -2.23. The Kier molecular flexibility index (Phi) is 3.90. The van der Waals surface area contributed by atoms with Crippen LogP contribution in [0.2, 0.25) is 0 Å². The van der Waals surface area contributed by atoms with Gasteiger partial charge in [-0.15, -0.1) is 0 Å². The molecular weight excluding hydrogens is 277 g/mol. The molecule has 0 radical (unpaired) electrons. The molecule has 0 aliphatic heterocycles. The number of hydrogen-bond acceptors (Lipinski definition) is 2. The molecule has 1 aliphatic carbocycles. The molecule has 0 unspecified atom stereocenters.